The summed E-state index contributed by atoms with van der Waals surface area (Å²) in [6.45, 7) is 1.96. The molecule has 0 aliphatic heterocycles. The Morgan fingerprint density at radius 2 is 2.18 bits per heavy atom. The Balaban J connectivity index is 2.18. The zero-order valence-corrected chi connectivity index (χ0v) is 10.2. The molecule has 0 bridgehead atoms. The maximum Gasteiger partial charge on any atom is 0.261 e. The Kier molecular flexibility index (Phi) is 2.25. The maximum atomic E-state index is 12.3. The van der Waals surface area contributed by atoms with Crippen LogP contribution in [0.1, 0.15) is 24.6 Å². The van der Waals surface area contributed by atoms with Gasteiger partial charge >= 0.3 is 0 Å². The lowest BCUT2D eigenvalue weighted by Crippen LogP contribution is -2.22. The molecule has 5 nitrogen and oxygen atoms in total. The molecule has 0 aromatic carbocycles. The molecule has 0 atom stereocenters. The second-order valence-electron chi connectivity index (χ2n) is 4.24. The molecule has 6 heteroatoms. The normalized spacial score (nSPS) is 15.1. The molecule has 0 amide bonds. The van der Waals surface area contributed by atoms with E-state index in [1.54, 1.807) is 6.07 Å². The summed E-state index contributed by atoms with van der Waals surface area (Å²) in [7, 11) is 0. The fraction of sp³-hybridized carbons (Fsp3) is 0.364. The molecule has 1 saturated carbocycles. The van der Waals surface area contributed by atoms with Crippen molar-refractivity contribution in [3.63, 3.8) is 0 Å². The summed E-state index contributed by atoms with van der Waals surface area (Å²) in [5.41, 5.74) is 7.15. The molecule has 88 valence electrons. The molecule has 1 aliphatic carbocycles. The van der Waals surface area contributed by atoms with E-state index in [1.807, 2.05) is 17.6 Å². The van der Waals surface area contributed by atoms with Gasteiger partial charge in [0.15, 0.2) is 5.01 Å². The summed E-state index contributed by atoms with van der Waals surface area (Å²) in [6, 6.07) is 4.12. The largest absolute Gasteiger partial charge is 0.374 e. The summed E-state index contributed by atoms with van der Waals surface area (Å²) >= 11 is 1.24. The lowest BCUT2D eigenvalue weighted by molar-refractivity contribution is 0.683. The van der Waals surface area contributed by atoms with E-state index in [2.05, 4.69) is 10.2 Å². The van der Waals surface area contributed by atoms with Crippen molar-refractivity contribution in [2.75, 3.05) is 5.73 Å². The van der Waals surface area contributed by atoms with E-state index in [0.717, 1.165) is 18.5 Å². The van der Waals surface area contributed by atoms with E-state index in [4.69, 9.17) is 5.73 Å². The number of aromatic nitrogens is 3. The molecule has 0 saturated heterocycles. The number of hydrogen-bond donors (Lipinski definition) is 1. The Bertz CT molecular complexity index is 627. The third-order valence-corrected chi connectivity index (χ3v) is 3.69. The van der Waals surface area contributed by atoms with Gasteiger partial charge in [-0.05, 0) is 31.9 Å². The fourth-order valence-corrected chi connectivity index (χ4v) is 2.56. The van der Waals surface area contributed by atoms with E-state index in [-0.39, 0.29) is 5.56 Å². The van der Waals surface area contributed by atoms with Gasteiger partial charge in [0.2, 0.25) is 5.13 Å². The number of hydrogen-bond acceptors (Lipinski definition) is 5. The van der Waals surface area contributed by atoms with Gasteiger partial charge in [-0.3, -0.25) is 4.79 Å². The van der Waals surface area contributed by atoms with Crippen molar-refractivity contribution in [3.8, 4) is 10.6 Å². The Morgan fingerprint density at radius 3 is 2.76 bits per heavy atom. The summed E-state index contributed by atoms with van der Waals surface area (Å²) in [5.74, 6) is 0. The molecule has 2 aromatic heterocycles. The molecular formula is C11H12N4OS. The molecule has 2 aromatic rings. The third kappa shape index (κ3) is 1.74. The van der Waals surface area contributed by atoms with Gasteiger partial charge in [-0.25, -0.2) is 0 Å². The topological polar surface area (TPSA) is 73.8 Å². The zero-order chi connectivity index (χ0) is 12.0. The number of rotatable bonds is 2. The van der Waals surface area contributed by atoms with E-state index in [0.29, 0.717) is 21.7 Å². The van der Waals surface area contributed by atoms with Gasteiger partial charge in [0, 0.05) is 11.7 Å². The van der Waals surface area contributed by atoms with Crippen LogP contribution in [0.25, 0.3) is 10.6 Å². The number of anilines is 1. The Morgan fingerprint density at radius 1 is 1.41 bits per heavy atom. The van der Waals surface area contributed by atoms with Crippen molar-refractivity contribution in [1.82, 2.24) is 14.8 Å². The Hall–Kier alpha value is -1.69. The van der Waals surface area contributed by atoms with Crippen LogP contribution in [-0.4, -0.2) is 14.8 Å². The smallest absolute Gasteiger partial charge is 0.261 e. The highest BCUT2D eigenvalue weighted by atomic mass is 32.1. The van der Waals surface area contributed by atoms with Gasteiger partial charge in [0.1, 0.15) is 0 Å². The first-order valence-corrected chi connectivity index (χ1v) is 6.30. The molecule has 2 N–H and O–H groups in total. The maximum absolute atomic E-state index is 12.3. The van der Waals surface area contributed by atoms with Crippen LogP contribution in [0.2, 0.25) is 0 Å². The summed E-state index contributed by atoms with van der Waals surface area (Å²) in [5, 5.41) is 8.66. The molecule has 3 rings (SSSR count). The van der Waals surface area contributed by atoms with Gasteiger partial charge in [-0.2, -0.15) is 0 Å². The highest BCUT2D eigenvalue weighted by Gasteiger charge is 2.27. The van der Waals surface area contributed by atoms with Crippen LogP contribution < -0.4 is 11.3 Å². The highest BCUT2D eigenvalue weighted by molar-refractivity contribution is 7.18. The van der Waals surface area contributed by atoms with Crippen LogP contribution >= 0.6 is 11.3 Å². The molecule has 0 radical (unpaired) electrons. The second-order valence-corrected chi connectivity index (χ2v) is 5.25. The van der Waals surface area contributed by atoms with Crippen molar-refractivity contribution >= 4 is 16.5 Å². The van der Waals surface area contributed by atoms with Gasteiger partial charge in [0.05, 0.1) is 5.56 Å². The van der Waals surface area contributed by atoms with E-state index < -0.39 is 0 Å². The number of aryl methyl sites for hydroxylation is 1. The summed E-state index contributed by atoms with van der Waals surface area (Å²) in [6.07, 6.45) is 2.17. The molecule has 0 spiro atoms. The van der Waals surface area contributed by atoms with Crippen LogP contribution in [0.15, 0.2) is 16.9 Å². The minimum absolute atomic E-state index is 0.0173. The number of pyridine rings is 1. The van der Waals surface area contributed by atoms with Crippen molar-refractivity contribution in [3.05, 3.63) is 28.2 Å². The molecule has 1 fully saturated rings. The van der Waals surface area contributed by atoms with E-state index in [1.165, 1.54) is 11.3 Å². The third-order valence-electron chi connectivity index (χ3n) is 2.90. The van der Waals surface area contributed by atoms with Gasteiger partial charge in [-0.15, -0.1) is 10.2 Å². The van der Waals surface area contributed by atoms with Crippen LogP contribution in [0.4, 0.5) is 5.13 Å². The van der Waals surface area contributed by atoms with Crippen LogP contribution in [0.3, 0.4) is 0 Å². The highest BCUT2D eigenvalue weighted by Crippen LogP contribution is 2.35. The molecule has 1 aliphatic rings. The van der Waals surface area contributed by atoms with Gasteiger partial charge < -0.3 is 10.3 Å². The predicted molar refractivity (Wildman–Crippen MR) is 67.0 cm³/mol. The average molecular weight is 248 g/mol. The minimum atomic E-state index is 0.0173. The molecule has 17 heavy (non-hydrogen) atoms. The summed E-state index contributed by atoms with van der Waals surface area (Å²) < 4.78 is 1.85. The predicted octanol–water partition coefficient (Wildman–Crippen LogP) is 1.59. The fourth-order valence-electron chi connectivity index (χ4n) is 1.94. The van der Waals surface area contributed by atoms with Crippen LogP contribution in [0, 0.1) is 6.92 Å². The first-order valence-electron chi connectivity index (χ1n) is 5.48. The van der Waals surface area contributed by atoms with Crippen molar-refractivity contribution in [2.45, 2.75) is 25.8 Å². The lowest BCUT2D eigenvalue weighted by atomic mass is 10.2. The quantitative estimate of drug-likeness (QED) is 0.875. The first kappa shape index (κ1) is 10.5. The van der Waals surface area contributed by atoms with Crippen LogP contribution in [-0.2, 0) is 0 Å². The van der Waals surface area contributed by atoms with Crippen molar-refractivity contribution in [1.29, 1.82) is 0 Å². The average Bonchev–Trinajstić information content (AvgIpc) is 3.02. The van der Waals surface area contributed by atoms with Crippen molar-refractivity contribution in [2.24, 2.45) is 0 Å². The minimum Gasteiger partial charge on any atom is -0.374 e. The molecule has 0 unspecified atom stereocenters. The number of nitrogens with two attached hydrogens (primary N) is 1. The first-order chi connectivity index (χ1) is 8.16. The monoisotopic (exact) mass is 248 g/mol. The zero-order valence-electron chi connectivity index (χ0n) is 9.38. The Labute approximate surface area is 102 Å². The number of nitrogen functional groups attached to an aromatic ring is 1. The standard InChI is InChI=1S/C11H12N4OS/c1-6-2-5-8(9-13-14-11(12)17-9)10(16)15(6)7-3-4-7/h2,5,7H,3-4H2,1H3,(H2,12,14). The van der Waals surface area contributed by atoms with Crippen LogP contribution in [0.5, 0.6) is 0 Å². The van der Waals surface area contributed by atoms with Gasteiger partial charge in [0.25, 0.3) is 5.56 Å². The number of nitrogens with zero attached hydrogens (tertiary/aromatic N) is 3. The van der Waals surface area contributed by atoms with Crippen molar-refractivity contribution < 1.29 is 0 Å². The SMILES string of the molecule is Cc1ccc(-c2nnc(N)s2)c(=O)n1C1CC1. The van der Waals surface area contributed by atoms with E-state index in [9.17, 15) is 4.79 Å². The summed E-state index contributed by atoms with van der Waals surface area (Å²) in [4.78, 5) is 12.3. The second kappa shape index (κ2) is 3.66. The molecular weight excluding hydrogens is 236 g/mol. The van der Waals surface area contributed by atoms with Gasteiger partial charge in [-0.1, -0.05) is 11.3 Å². The molecule has 2 heterocycles. The lowest BCUT2D eigenvalue weighted by Gasteiger charge is -2.09. The van der Waals surface area contributed by atoms with E-state index >= 15 is 0 Å².